The van der Waals surface area contributed by atoms with Gasteiger partial charge < -0.3 is 10.1 Å². The normalized spacial score (nSPS) is 11.3. The van der Waals surface area contributed by atoms with Gasteiger partial charge in [0.25, 0.3) is 0 Å². The van der Waals surface area contributed by atoms with Gasteiger partial charge in [-0.3, -0.25) is 14.2 Å². The lowest BCUT2D eigenvalue weighted by Gasteiger charge is -2.17. The molecule has 7 nitrogen and oxygen atoms in total. The van der Waals surface area contributed by atoms with Crippen LogP contribution < -0.4 is 5.32 Å². The average Bonchev–Trinajstić information content (AvgIpc) is 3.20. The maximum atomic E-state index is 13.9. The van der Waals surface area contributed by atoms with Crippen molar-refractivity contribution in [2.75, 3.05) is 5.32 Å². The number of ether oxygens (including phenoxy) is 1. The third-order valence-corrected chi connectivity index (χ3v) is 5.35. The molecule has 0 aliphatic carbocycles. The molecule has 178 valence electrons. The Bertz CT molecular complexity index is 1440. The summed E-state index contributed by atoms with van der Waals surface area (Å²) in [5.74, 6) is -1.25. The second-order valence-corrected chi connectivity index (χ2v) is 9.06. The number of halogens is 1. The van der Waals surface area contributed by atoms with E-state index < -0.39 is 11.4 Å². The zero-order chi connectivity index (χ0) is 25.2. The largest absolute Gasteiger partial charge is 0.443 e. The molecule has 0 radical (unpaired) electrons. The van der Waals surface area contributed by atoms with E-state index in [0.717, 1.165) is 22.1 Å². The quantitative estimate of drug-likeness (QED) is 0.225. The number of nitrogens with zero attached hydrogens (tertiary/aromatic N) is 3. The van der Waals surface area contributed by atoms with Crippen molar-refractivity contribution in [1.82, 2.24) is 14.5 Å². The molecule has 8 heteroatoms. The molecule has 0 saturated carbocycles. The van der Waals surface area contributed by atoms with Crippen molar-refractivity contribution in [3.8, 4) is 22.3 Å². The van der Waals surface area contributed by atoms with Crippen LogP contribution in [0.15, 0.2) is 73.7 Å². The van der Waals surface area contributed by atoms with Gasteiger partial charge in [-0.25, -0.2) is 9.97 Å². The molecule has 1 N–H and O–H groups in total. The maximum Gasteiger partial charge on any atom is 0.312 e. The van der Waals surface area contributed by atoms with Crippen LogP contribution in [0.4, 0.5) is 10.1 Å². The lowest BCUT2D eigenvalue weighted by Crippen LogP contribution is -2.23. The van der Waals surface area contributed by atoms with E-state index in [-0.39, 0.29) is 18.6 Å². The van der Waals surface area contributed by atoms with Crippen LogP contribution in [0.3, 0.4) is 0 Å². The van der Waals surface area contributed by atoms with E-state index in [2.05, 4.69) is 21.9 Å². The highest BCUT2D eigenvalue weighted by atomic mass is 19.1. The molecule has 1 aromatic carbocycles. The smallest absolute Gasteiger partial charge is 0.312 e. The van der Waals surface area contributed by atoms with E-state index in [0.29, 0.717) is 16.9 Å². The van der Waals surface area contributed by atoms with Gasteiger partial charge in [0.15, 0.2) is 6.73 Å². The standard InChI is InChI=1S/C27H25FN4O3/c1-5-24(33)31-20-8-6-7-17(11-20)19-12-21-22(18-9-10-29-23(28)13-18)15-32(25(21)30-14-19)16-35-26(34)27(2,3)4/h5-15H,1,16H2,2-4H3,(H,31,33). The molecular weight excluding hydrogens is 447 g/mol. The summed E-state index contributed by atoms with van der Waals surface area (Å²) in [5, 5.41) is 3.50. The van der Waals surface area contributed by atoms with Crippen LogP contribution in [-0.4, -0.2) is 26.4 Å². The minimum Gasteiger partial charge on any atom is -0.443 e. The number of esters is 1. The number of aromatic nitrogens is 3. The van der Waals surface area contributed by atoms with Crippen LogP contribution in [0.25, 0.3) is 33.3 Å². The van der Waals surface area contributed by atoms with Crippen LogP contribution in [-0.2, 0) is 21.1 Å². The van der Waals surface area contributed by atoms with E-state index in [1.165, 1.54) is 18.3 Å². The maximum absolute atomic E-state index is 13.9. The predicted molar refractivity (Wildman–Crippen MR) is 133 cm³/mol. The number of anilines is 1. The Kier molecular flexibility index (Phi) is 6.46. The van der Waals surface area contributed by atoms with Crippen LogP contribution in [0.2, 0.25) is 0 Å². The molecule has 0 spiro atoms. The van der Waals surface area contributed by atoms with Crippen LogP contribution in [0.1, 0.15) is 20.8 Å². The first-order valence-corrected chi connectivity index (χ1v) is 11.0. The first kappa shape index (κ1) is 23.8. The van der Waals surface area contributed by atoms with Gasteiger partial charge in [-0.05, 0) is 62.2 Å². The molecule has 0 aliphatic heterocycles. The van der Waals surface area contributed by atoms with Crippen molar-refractivity contribution in [3.05, 3.63) is 79.7 Å². The van der Waals surface area contributed by atoms with Gasteiger partial charge in [0.1, 0.15) is 5.65 Å². The first-order valence-electron chi connectivity index (χ1n) is 11.0. The Labute approximate surface area is 202 Å². The third kappa shape index (κ3) is 5.27. The minimum atomic E-state index is -0.646. The Balaban J connectivity index is 1.79. The highest BCUT2D eigenvalue weighted by Gasteiger charge is 2.23. The second kappa shape index (κ2) is 9.50. The van der Waals surface area contributed by atoms with Crippen molar-refractivity contribution < 1.29 is 18.7 Å². The summed E-state index contributed by atoms with van der Waals surface area (Å²) in [4.78, 5) is 32.3. The fraction of sp³-hybridized carbons (Fsp3) is 0.185. The number of pyridine rings is 2. The third-order valence-electron chi connectivity index (χ3n) is 5.35. The first-order chi connectivity index (χ1) is 16.7. The van der Waals surface area contributed by atoms with Crippen molar-refractivity contribution in [2.24, 2.45) is 5.41 Å². The summed E-state index contributed by atoms with van der Waals surface area (Å²) in [7, 11) is 0. The van der Waals surface area contributed by atoms with Gasteiger partial charge in [-0.15, -0.1) is 0 Å². The second-order valence-electron chi connectivity index (χ2n) is 9.06. The molecule has 4 aromatic rings. The molecule has 1 amide bonds. The molecule has 0 unspecified atom stereocenters. The van der Waals surface area contributed by atoms with Crippen LogP contribution >= 0.6 is 0 Å². The number of hydrogen-bond acceptors (Lipinski definition) is 5. The Hall–Kier alpha value is -4.33. The Morgan fingerprint density at radius 2 is 1.91 bits per heavy atom. The number of rotatable bonds is 6. The lowest BCUT2D eigenvalue weighted by atomic mass is 9.98. The highest BCUT2D eigenvalue weighted by Crippen LogP contribution is 2.33. The van der Waals surface area contributed by atoms with Gasteiger partial charge in [0.2, 0.25) is 11.9 Å². The van der Waals surface area contributed by atoms with Crippen molar-refractivity contribution in [2.45, 2.75) is 27.5 Å². The molecular formula is C27H25FN4O3. The van der Waals surface area contributed by atoms with Crippen LogP contribution in [0, 0.1) is 11.4 Å². The van der Waals surface area contributed by atoms with Gasteiger partial charge >= 0.3 is 5.97 Å². The zero-order valence-electron chi connectivity index (χ0n) is 19.7. The molecule has 4 rings (SSSR count). The summed E-state index contributed by atoms with van der Waals surface area (Å²) in [6.07, 6.45) is 6.09. The molecule has 3 aromatic heterocycles. The summed E-state index contributed by atoms with van der Waals surface area (Å²) in [6.45, 7) is 8.79. The van der Waals surface area contributed by atoms with Crippen molar-refractivity contribution >= 4 is 28.6 Å². The van der Waals surface area contributed by atoms with Gasteiger partial charge in [-0.2, -0.15) is 4.39 Å². The van der Waals surface area contributed by atoms with E-state index in [9.17, 15) is 14.0 Å². The summed E-state index contributed by atoms with van der Waals surface area (Å²) < 4.78 is 21.1. The number of amides is 1. The van der Waals surface area contributed by atoms with E-state index in [4.69, 9.17) is 4.74 Å². The summed E-state index contributed by atoms with van der Waals surface area (Å²) in [6, 6.07) is 12.3. The van der Waals surface area contributed by atoms with Gasteiger partial charge in [0.05, 0.1) is 5.41 Å². The number of hydrogen-bond donors (Lipinski definition) is 1. The fourth-order valence-electron chi connectivity index (χ4n) is 3.54. The number of nitrogens with one attached hydrogen (secondary N) is 1. The monoisotopic (exact) mass is 472 g/mol. The topological polar surface area (TPSA) is 86.1 Å². The Morgan fingerprint density at radius 1 is 1.11 bits per heavy atom. The van der Waals surface area contributed by atoms with Gasteiger partial charge in [-0.1, -0.05) is 18.7 Å². The van der Waals surface area contributed by atoms with E-state index in [1.54, 1.807) is 49.9 Å². The molecule has 0 fully saturated rings. The molecule has 0 atom stereocenters. The van der Waals surface area contributed by atoms with Crippen molar-refractivity contribution in [1.29, 1.82) is 0 Å². The molecule has 0 aliphatic rings. The Morgan fingerprint density at radius 3 is 2.63 bits per heavy atom. The summed E-state index contributed by atoms with van der Waals surface area (Å²) in [5.41, 5.74) is 3.53. The SMILES string of the molecule is C=CC(=O)Nc1cccc(-c2cnc3c(c2)c(-c2ccnc(F)c2)cn3COC(=O)C(C)(C)C)c1. The zero-order valence-corrected chi connectivity index (χ0v) is 19.7. The van der Waals surface area contributed by atoms with Gasteiger partial charge in [0, 0.05) is 46.9 Å². The lowest BCUT2D eigenvalue weighted by molar-refractivity contribution is -0.156. The number of fused-ring (bicyclic) bond motifs is 1. The number of carbonyl (C=O) groups is 2. The fourth-order valence-corrected chi connectivity index (χ4v) is 3.54. The number of carbonyl (C=O) groups excluding carboxylic acids is 2. The molecule has 35 heavy (non-hydrogen) atoms. The van der Waals surface area contributed by atoms with Crippen molar-refractivity contribution in [3.63, 3.8) is 0 Å². The molecule has 3 heterocycles. The predicted octanol–water partition coefficient (Wildman–Crippen LogP) is 5.58. The van der Waals surface area contributed by atoms with E-state index in [1.807, 2.05) is 24.3 Å². The minimum absolute atomic E-state index is 0.0322. The summed E-state index contributed by atoms with van der Waals surface area (Å²) >= 11 is 0. The molecule has 0 bridgehead atoms. The van der Waals surface area contributed by atoms with Crippen LogP contribution in [0.5, 0.6) is 0 Å². The average molecular weight is 473 g/mol. The number of benzene rings is 1. The molecule has 0 saturated heterocycles. The van der Waals surface area contributed by atoms with E-state index >= 15 is 0 Å². The highest BCUT2D eigenvalue weighted by molar-refractivity contribution is 6.00.